The minimum absolute atomic E-state index is 0.799. The molecule has 0 aromatic heterocycles. The maximum Gasteiger partial charge on any atom is 0.00987 e. The summed E-state index contributed by atoms with van der Waals surface area (Å²) in [5.41, 5.74) is 0.799. The molecule has 90 valence electrons. The first-order chi connectivity index (χ1) is 7.86. The van der Waals surface area contributed by atoms with E-state index in [0.717, 1.165) is 23.3 Å². The van der Waals surface area contributed by atoms with Gasteiger partial charge < -0.3 is 5.32 Å². The largest absolute Gasteiger partial charge is 0.317 e. The van der Waals surface area contributed by atoms with Crippen molar-refractivity contribution in [2.24, 2.45) is 17.3 Å². The Hall–Kier alpha value is -0.0800. The predicted molar refractivity (Wildman–Crippen MR) is 65.3 cm³/mol. The first kappa shape index (κ1) is 9.90. The summed E-state index contributed by atoms with van der Waals surface area (Å²) in [5.74, 6) is 2.14. The maximum absolute atomic E-state index is 3.51. The van der Waals surface area contributed by atoms with Crippen molar-refractivity contribution in [1.82, 2.24) is 10.2 Å². The lowest BCUT2D eigenvalue weighted by molar-refractivity contribution is 0.186. The van der Waals surface area contributed by atoms with Gasteiger partial charge in [0.05, 0.1) is 0 Å². The van der Waals surface area contributed by atoms with Gasteiger partial charge >= 0.3 is 0 Å². The Balaban J connectivity index is 1.36. The highest BCUT2D eigenvalue weighted by molar-refractivity contribution is 5.06. The molecule has 16 heavy (non-hydrogen) atoms. The van der Waals surface area contributed by atoms with E-state index in [9.17, 15) is 0 Å². The van der Waals surface area contributed by atoms with E-state index in [1.807, 2.05) is 0 Å². The summed E-state index contributed by atoms with van der Waals surface area (Å²) in [4.78, 5) is 2.84. The topological polar surface area (TPSA) is 15.3 Å². The van der Waals surface area contributed by atoms with Crippen LogP contribution in [-0.2, 0) is 0 Å². The molecule has 4 fully saturated rings. The maximum atomic E-state index is 3.51. The van der Waals surface area contributed by atoms with Crippen LogP contribution in [0, 0.1) is 17.3 Å². The van der Waals surface area contributed by atoms with Crippen molar-refractivity contribution in [2.45, 2.75) is 44.6 Å². The molecule has 0 aromatic rings. The molecule has 2 heterocycles. The number of piperidine rings is 2. The molecule has 4 aliphatic rings. The Morgan fingerprint density at radius 3 is 2.75 bits per heavy atom. The molecular weight excluding hydrogens is 196 g/mol. The number of rotatable bonds is 2. The molecular formula is C14H24N2. The smallest absolute Gasteiger partial charge is 0.00987 e. The summed E-state index contributed by atoms with van der Waals surface area (Å²) < 4.78 is 0. The van der Waals surface area contributed by atoms with Gasteiger partial charge in [0, 0.05) is 19.1 Å². The van der Waals surface area contributed by atoms with E-state index in [4.69, 9.17) is 0 Å². The van der Waals surface area contributed by atoms with Crippen LogP contribution in [0.5, 0.6) is 0 Å². The van der Waals surface area contributed by atoms with Crippen LogP contribution in [0.25, 0.3) is 0 Å². The Bertz CT molecular complexity index is 282. The fourth-order valence-corrected chi connectivity index (χ4v) is 4.76. The van der Waals surface area contributed by atoms with Gasteiger partial charge in [0.2, 0.25) is 0 Å². The van der Waals surface area contributed by atoms with E-state index in [1.165, 1.54) is 58.3 Å². The van der Waals surface area contributed by atoms with Crippen LogP contribution in [0.1, 0.15) is 38.5 Å². The number of likely N-dealkylation sites (tertiary alicyclic amines) is 1. The van der Waals surface area contributed by atoms with Crippen LogP contribution in [0.15, 0.2) is 0 Å². The predicted octanol–water partition coefficient (Wildman–Crippen LogP) is 1.86. The number of hydrogen-bond acceptors (Lipinski definition) is 2. The standard InChI is InChI=1S/C14H24N2/c1-2-13-7-11(1)9-16(13)10-12-8-14(12)3-5-15-6-4-14/h11-13,15H,1-10H2. The zero-order valence-corrected chi connectivity index (χ0v) is 10.3. The average molecular weight is 220 g/mol. The zero-order valence-electron chi connectivity index (χ0n) is 10.3. The van der Waals surface area contributed by atoms with Crippen molar-refractivity contribution in [1.29, 1.82) is 0 Å². The summed E-state index contributed by atoms with van der Waals surface area (Å²) in [6.45, 7) is 5.45. The molecule has 2 aliphatic carbocycles. The van der Waals surface area contributed by atoms with Gasteiger partial charge in [0.1, 0.15) is 0 Å². The summed E-state index contributed by atoms with van der Waals surface area (Å²) in [6, 6.07) is 0.990. The highest BCUT2D eigenvalue weighted by Crippen LogP contribution is 2.59. The van der Waals surface area contributed by atoms with E-state index < -0.39 is 0 Å². The van der Waals surface area contributed by atoms with Crippen molar-refractivity contribution in [3.05, 3.63) is 0 Å². The van der Waals surface area contributed by atoms with E-state index in [0.29, 0.717) is 0 Å². The lowest BCUT2D eigenvalue weighted by Crippen LogP contribution is -2.36. The van der Waals surface area contributed by atoms with Crippen LogP contribution >= 0.6 is 0 Å². The first-order valence-corrected chi connectivity index (χ1v) is 7.30. The molecule has 3 atom stereocenters. The SMILES string of the molecule is C1CC2(CCN1)CC2CN1CC2CCC1C2. The van der Waals surface area contributed by atoms with Gasteiger partial charge in [-0.1, -0.05) is 0 Å². The van der Waals surface area contributed by atoms with Crippen LogP contribution in [0.3, 0.4) is 0 Å². The van der Waals surface area contributed by atoms with Gasteiger partial charge in [-0.05, 0) is 68.9 Å². The molecule has 0 aromatic carbocycles. The molecule has 2 saturated heterocycles. The molecule has 1 spiro atoms. The molecule has 4 rings (SSSR count). The fourth-order valence-electron chi connectivity index (χ4n) is 4.76. The Morgan fingerprint density at radius 1 is 1.19 bits per heavy atom. The van der Waals surface area contributed by atoms with Crippen LogP contribution in [0.4, 0.5) is 0 Å². The minimum atomic E-state index is 0.799. The van der Waals surface area contributed by atoms with Crippen molar-refractivity contribution < 1.29 is 0 Å². The molecule has 3 unspecified atom stereocenters. The fraction of sp³-hybridized carbons (Fsp3) is 1.00. The van der Waals surface area contributed by atoms with Gasteiger partial charge in [0.25, 0.3) is 0 Å². The Morgan fingerprint density at radius 2 is 2.06 bits per heavy atom. The normalized spacial score (nSPS) is 45.4. The summed E-state index contributed by atoms with van der Waals surface area (Å²) >= 11 is 0. The average Bonchev–Trinajstić information content (AvgIpc) is 2.71. The van der Waals surface area contributed by atoms with Crippen molar-refractivity contribution in [3.63, 3.8) is 0 Å². The minimum Gasteiger partial charge on any atom is -0.317 e. The highest BCUT2D eigenvalue weighted by Gasteiger charge is 2.55. The number of hydrogen-bond donors (Lipinski definition) is 1. The van der Waals surface area contributed by atoms with E-state index >= 15 is 0 Å². The Labute approximate surface area is 98.8 Å². The molecule has 2 nitrogen and oxygen atoms in total. The highest BCUT2D eigenvalue weighted by atomic mass is 15.2. The molecule has 2 heteroatoms. The molecule has 0 amide bonds. The second-order valence-electron chi connectivity index (χ2n) is 6.80. The van der Waals surface area contributed by atoms with Crippen LogP contribution in [-0.4, -0.2) is 37.1 Å². The summed E-state index contributed by atoms with van der Waals surface area (Å²) in [5, 5.41) is 3.51. The molecule has 2 aliphatic heterocycles. The quantitative estimate of drug-likeness (QED) is 0.764. The van der Waals surface area contributed by atoms with Gasteiger partial charge in [-0.3, -0.25) is 4.90 Å². The third-order valence-electron chi connectivity index (χ3n) is 5.94. The van der Waals surface area contributed by atoms with Gasteiger partial charge in [0.15, 0.2) is 0 Å². The van der Waals surface area contributed by atoms with Crippen LogP contribution < -0.4 is 5.32 Å². The van der Waals surface area contributed by atoms with Crippen LogP contribution in [0.2, 0.25) is 0 Å². The molecule has 0 radical (unpaired) electrons. The molecule has 1 N–H and O–H groups in total. The van der Waals surface area contributed by atoms with E-state index in [-0.39, 0.29) is 0 Å². The second kappa shape index (κ2) is 3.46. The molecule has 2 bridgehead atoms. The summed E-state index contributed by atoms with van der Waals surface area (Å²) in [6.07, 6.45) is 9.02. The number of nitrogens with zero attached hydrogens (tertiary/aromatic N) is 1. The van der Waals surface area contributed by atoms with E-state index in [1.54, 1.807) is 6.42 Å². The van der Waals surface area contributed by atoms with Crippen molar-refractivity contribution >= 4 is 0 Å². The Kier molecular flexibility index (Phi) is 2.14. The second-order valence-corrected chi connectivity index (χ2v) is 6.80. The monoisotopic (exact) mass is 220 g/mol. The first-order valence-electron chi connectivity index (χ1n) is 7.30. The number of fused-ring (bicyclic) bond motifs is 2. The lowest BCUT2D eigenvalue weighted by atomic mass is 9.91. The third-order valence-corrected chi connectivity index (χ3v) is 5.94. The van der Waals surface area contributed by atoms with Crippen molar-refractivity contribution in [3.8, 4) is 0 Å². The lowest BCUT2D eigenvalue weighted by Gasteiger charge is -2.29. The van der Waals surface area contributed by atoms with Gasteiger partial charge in [-0.15, -0.1) is 0 Å². The number of nitrogens with one attached hydrogen (secondary N) is 1. The van der Waals surface area contributed by atoms with Gasteiger partial charge in [-0.25, -0.2) is 0 Å². The van der Waals surface area contributed by atoms with Gasteiger partial charge in [-0.2, -0.15) is 0 Å². The molecule has 2 saturated carbocycles. The van der Waals surface area contributed by atoms with E-state index in [2.05, 4.69) is 10.2 Å². The zero-order chi connectivity index (χ0) is 10.6. The van der Waals surface area contributed by atoms with Crippen molar-refractivity contribution in [2.75, 3.05) is 26.2 Å². The third kappa shape index (κ3) is 1.46. The summed E-state index contributed by atoms with van der Waals surface area (Å²) in [7, 11) is 0.